The molecule has 1 aromatic heterocycles. The van der Waals surface area contributed by atoms with Crippen LogP contribution in [-0.2, 0) is 25.6 Å². The van der Waals surface area contributed by atoms with E-state index in [2.05, 4.69) is 25.9 Å². The Balaban J connectivity index is 2.76. The van der Waals surface area contributed by atoms with Crippen molar-refractivity contribution in [3.05, 3.63) is 18.2 Å². The van der Waals surface area contributed by atoms with Crippen LogP contribution >= 0.6 is 0 Å². The number of carbonyl (C=O) groups is 4. The third kappa shape index (κ3) is 7.82. The largest absolute Gasteiger partial charge is 0.480 e. The second kappa shape index (κ2) is 11.9. The molecule has 11 heteroatoms. The predicted octanol–water partition coefficient (Wildman–Crippen LogP) is -0.848. The molecule has 168 valence electrons. The zero-order valence-corrected chi connectivity index (χ0v) is 17.8. The van der Waals surface area contributed by atoms with Gasteiger partial charge in [-0.2, -0.15) is 0 Å². The van der Waals surface area contributed by atoms with Crippen molar-refractivity contribution in [3.63, 3.8) is 0 Å². The Morgan fingerprint density at radius 2 is 1.83 bits per heavy atom. The first-order valence-corrected chi connectivity index (χ1v) is 9.89. The SMILES string of the molecule is CCC(C)C(N)C(=O)NC(Cc1cnc[nH]1)C(=O)NCC(=O)NC(C(=O)O)C(C)C. The third-order valence-corrected chi connectivity index (χ3v) is 4.84. The van der Waals surface area contributed by atoms with Crippen LogP contribution in [-0.4, -0.2) is 63.4 Å². The van der Waals surface area contributed by atoms with E-state index in [9.17, 15) is 19.2 Å². The van der Waals surface area contributed by atoms with E-state index >= 15 is 0 Å². The molecule has 7 N–H and O–H groups in total. The lowest BCUT2D eigenvalue weighted by Crippen LogP contribution is -2.55. The molecular formula is C19H32N6O5. The lowest BCUT2D eigenvalue weighted by molar-refractivity contribution is -0.143. The first kappa shape index (κ1) is 25.1. The van der Waals surface area contributed by atoms with Crippen molar-refractivity contribution in [3.8, 4) is 0 Å². The molecule has 0 aromatic carbocycles. The number of aromatic nitrogens is 2. The molecule has 1 rings (SSSR count). The lowest BCUT2D eigenvalue weighted by Gasteiger charge is -2.23. The van der Waals surface area contributed by atoms with Crippen molar-refractivity contribution in [1.82, 2.24) is 25.9 Å². The molecule has 0 spiro atoms. The number of nitrogens with one attached hydrogen (secondary N) is 4. The highest BCUT2D eigenvalue weighted by Gasteiger charge is 2.28. The Morgan fingerprint density at radius 3 is 2.33 bits per heavy atom. The zero-order chi connectivity index (χ0) is 22.8. The highest BCUT2D eigenvalue weighted by Crippen LogP contribution is 2.07. The molecule has 0 aliphatic carbocycles. The Labute approximate surface area is 175 Å². The topological polar surface area (TPSA) is 179 Å². The fourth-order valence-electron chi connectivity index (χ4n) is 2.63. The summed E-state index contributed by atoms with van der Waals surface area (Å²) < 4.78 is 0. The van der Waals surface area contributed by atoms with Crippen LogP contribution in [0.1, 0.15) is 39.8 Å². The monoisotopic (exact) mass is 424 g/mol. The quantitative estimate of drug-likeness (QED) is 0.253. The summed E-state index contributed by atoms with van der Waals surface area (Å²) in [6.45, 7) is 6.64. The lowest BCUT2D eigenvalue weighted by atomic mass is 9.99. The van der Waals surface area contributed by atoms with Crippen molar-refractivity contribution in [1.29, 1.82) is 0 Å². The molecule has 30 heavy (non-hydrogen) atoms. The van der Waals surface area contributed by atoms with Gasteiger partial charge in [-0.3, -0.25) is 14.4 Å². The van der Waals surface area contributed by atoms with Gasteiger partial charge in [-0.15, -0.1) is 0 Å². The van der Waals surface area contributed by atoms with Crippen LogP contribution < -0.4 is 21.7 Å². The normalized spacial score (nSPS) is 15.0. The number of H-pyrrole nitrogens is 1. The first-order chi connectivity index (χ1) is 14.1. The van der Waals surface area contributed by atoms with E-state index in [1.54, 1.807) is 13.8 Å². The summed E-state index contributed by atoms with van der Waals surface area (Å²) in [4.78, 5) is 55.1. The summed E-state index contributed by atoms with van der Waals surface area (Å²) >= 11 is 0. The molecule has 0 saturated heterocycles. The summed E-state index contributed by atoms with van der Waals surface area (Å²) in [7, 11) is 0. The maximum Gasteiger partial charge on any atom is 0.326 e. The van der Waals surface area contributed by atoms with E-state index < -0.39 is 48.4 Å². The molecule has 0 radical (unpaired) electrons. The Kier molecular flexibility index (Phi) is 9.96. The summed E-state index contributed by atoms with van der Waals surface area (Å²) in [6.07, 6.45) is 3.79. The number of carboxylic acid groups (broad SMARTS) is 1. The fraction of sp³-hybridized carbons (Fsp3) is 0.632. The van der Waals surface area contributed by atoms with Crippen molar-refractivity contribution in [2.75, 3.05) is 6.54 Å². The number of aromatic amines is 1. The number of imidazole rings is 1. The van der Waals surface area contributed by atoms with Gasteiger partial charge in [0.05, 0.1) is 18.9 Å². The smallest absolute Gasteiger partial charge is 0.326 e. The van der Waals surface area contributed by atoms with Gasteiger partial charge in [-0.25, -0.2) is 9.78 Å². The third-order valence-electron chi connectivity index (χ3n) is 4.84. The van der Waals surface area contributed by atoms with E-state index in [1.165, 1.54) is 12.5 Å². The van der Waals surface area contributed by atoms with Gasteiger partial charge in [0.1, 0.15) is 12.1 Å². The molecule has 0 fully saturated rings. The highest BCUT2D eigenvalue weighted by atomic mass is 16.4. The maximum atomic E-state index is 12.6. The molecule has 1 aromatic rings. The van der Waals surface area contributed by atoms with Crippen molar-refractivity contribution >= 4 is 23.7 Å². The van der Waals surface area contributed by atoms with Crippen LogP contribution in [0.3, 0.4) is 0 Å². The molecule has 4 atom stereocenters. The Hall–Kier alpha value is -2.95. The van der Waals surface area contributed by atoms with Gasteiger partial charge in [0.2, 0.25) is 17.7 Å². The van der Waals surface area contributed by atoms with E-state index in [-0.39, 0.29) is 18.3 Å². The van der Waals surface area contributed by atoms with Crippen LogP contribution in [0.2, 0.25) is 0 Å². The Bertz CT molecular complexity index is 721. The zero-order valence-electron chi connectivity index (χ0n) is 17.8. The molecular weight excluding hydrogens is 392 g/mol. The summed E-state index contributed by atoms with van der Waals surface area (Å²) in [5.74, 6) is -3.27. The second-order valence-electron chi connectivity index (χ2n) is 7.60. The van der Waals surface area contributed by atoms with E-state index in [1.807, 2.05) is 13.8 Å². The molecule has 0 saturated carbocycles. The average molecular weight is 425 g/mol. The maximum absolute atomic E-state index is 12.6. The van der Waals surface area contributed by atoms with Crippen LogP contribution in [0.5, 0.6) is 0 Å². The minimum atomic E-state index is -1.16. The van der Waals surface area contributed by atoms with Crippen LogP contribution in [0.4, 0.5) is 0 Å². The Morgan fingerprint density at radius 1 is 1.17 bits per heavy atom. The van der Waals surface area contributed by atoms with Crippen LogP contribution in [0.15, 0.2) is 12.5 Å². The number of hydrogen-bond acceptors (Lipinski definition) is 6. The summed E-state index contributed by atoms with van der Waals surface area (Å²) in [5, 5.41) is 16.6. The molecule has 0 aliphatic heterocycles. The van der Waals surface area contributed by atoms with Crippen molar-refractivity contribution < 1.29 is 24.3 Å². The second-order valence-corrected chi connectivity index (χ2v) is 7.60. The summed E-state index contributed by atoms with van der Waals surface area (Å²) in [5.41, 5.74) is 6.56. The number of aliphatic carboxylic acids is 1. The number of rotatable bonds is 12. The van der Waals surface area contributed by atoms with Gasteiger partial charge in [0.15, 0.2) is 0 Å². The van der Waals surface area contributed by atoms with Crippen LogP contribution in [0, 0.1) is 11.8 Å². The first-order valence-electron chi connectivity index (χ1n) is 9.89. The number of carbonyl (C=O) groups excluding carboxylic acids is 3. The van der Waals surface area contributed by atoms with E-state index in [0.29, 0.717) is 12.1 Å². The van der Waals surface area contributed by atoms with Gasteiger partial charge < -0.3 is 31.8 Å². The van der Waals surface area contributed by atoms with E-state index in [4.69, 9.17) is 10.8 Å². The standard InChI is InChI=1S/C19H32N6O5/c1-5-11(4)15(20)18(28)24-13(6-12-7-21-9-23-12)17(27)22-8-14(26)25-16(10(2)3)19(29)30/h7,9-11,13,15-16H,5-6,8,20H2,1-4H3,(H,21,23)(H,22,27)(H,24,28)(H,25,26)(H,29,30). The molecule has 0 bridgehead atoms. The molecule has 11 nitrogen and oxygen atoms in total. The molecule has 4 unspecified atom stereocenters. The van der Waals surface area contributed by atoms with Crippen molar-refractivity contribution in [2.24, 2.45) is 17.6 Å². The van der Waals surface area contributed by atoms with Gasteiger partial charge in [0.25, 0.3) is 0 Å². The molecule has 3 amide bonds. The van der Waals surface area contributed by atoms with Gasteiger partial charge in [-0.1, -0.05) is 34.1 Å². The van der Waals surface area contributed by atoms with Gasteiger partial charge >= 0.3 is 5.97 Å². The van der Waals surface area contributed by atoms with Gasteiger partial charge in [-0.05, 0) is 11.8 Å². The molecule has 0 aliphatic rings. The summed E-state index contributed by atoms with van der Waals surface area (Å²) in [6, 6.07) is -2.83. The molecule has 1 heterocycles. The number of carboxylic acids is 1. The van der Waals surface area contributed by atoms with Gasteiger partial charge in [0, 0.05) is 18.3 Å². The number of amides is 3. The van der Waals surface area contributed by atoms with Crippen molar-refractivity contribution in [2.45, 2.75) is 58.7 Å². The highest BCUT2D eigenvalue weighted by molar-refractivity contribution is 5.92. The minimum absolute atomic E-state index is 0.0735. The number of nitrogens with two attached hydrogens (primary N) is 1. The fourth-order valence-corrected chi connectivity index (χ4v) is 2.63. The average Bonchev–Trinajstić information content (AvgIpc) is 3.20. The predicted molar refractivity (Wildman–Crippen MR) is 109 cm³/mol. The number of hydrogen-bond donors (Lipinski definition) is 6. The number of nitrogens with zero attached hydrogens (tertiary/aromatic N) is 1. The van der Waals surface area contributed by atoms with E-state index in [0.717, 1.165) is 0 Å². The van der Waals surface area contributed by atoms with Crippen LogP contribution in [0.25, 0.3) is 0 Å². The minimum Gasteiger partial charge on any atom is -0.480 e.